The molecule has 0 aromatic heterocycles. The Hall–Kier alpha value is -1.87. The summed E-state index contributed by atoms with van der Waals surface area (Å²) in [5.74, 6) is 0. The van der Waals surface area contributed by atoms with Crippen molar-refractivity contribution in [2.24, 2.45) is 16.6 Å². The molecule has 0 unspecified atom stereocenters. The van der Waals surface area contributed by atoms with Gasteiger partial charge in [0, 0.05) is 32.6 Å². The van der Waals surface area contributed by atoms with Gasteiger partial charge < -0.3 is 36.0 Å². The van der Waals surface area contributed by atoms with E-state index in [1.165, 1.54) is 6.42 Å². The van der Waals surface area contributed by atoms with E-state index in [-0.39, 0.29) is 6.09 Å². The molecule has 0 saturated heterocycles. The van der Waals surface area contributed by atoms with Crippen molar-refractivity contribution in [1.29, 1.82) is 0 Å². The molecular weight excluding hydrogens is 472 g/mol. The number of hydrogen-bond donors (Lipinski definition) is 4. The van der Waals surface area contributed by atoms with Crippen molar-refractivity contribution in [1.82, 2.24) is 16.0 Å². The summed E-state index contributed by atoms with van der Waals surface area (Å²) in [6.45, 7) is 27.4. The average Bonchev–Trinajstić information content (AvgIpc) is 2.67. The van der Waals surface area contributed by atoms with Crippen LogP contribution in [0.25, 0.3) is 0 Å². The average molecular weight is 533 g/mol. The number of amides is 2. The lowest BCUT2D eigenvalue weighted by atomic mass is 9.91. The molecule has 0 aliphatic rings. The Balaban J connectivity index is -0.000000517. The zero-order valence-electron chi connectivity index (χ0n) is 26.1. The highest BCUT2D eigenvalue weighted by atomic mass is 16.6. The third-order valence-electron chi connectivity index (χ3n) is 4.08. The van der Waals surface area contributed by atoms with Crippen molar-refractivity contribution in [3.05, 3.63) is 0 Å². The Bertz CT molecular complexity index is 598. The van der Waals surface area contributed by atoms with E-state index in [0.29, 0.717) is 36.9 Å². The van der Waals surface area contributed by atoms with Crippen molar-refractivity contribution in [2.45, 2.75) is 120 Å². The molecule has 0 saturated carbocycles. The summed E-state index contributed by atoms with van der Waals surface area (Å²) in [5, 5.41) is 8.53. The second-order valence-electron chi connectivity index (χ2n) is 13.3. The lowest BCUT2D eigenvalue weighted by molar-refractivity contribution is -0.108. The number of nitrogens with one attached hydrogen (secondary N) is 3. The highest BCUT2D eigenvalue weighted by molar-refractivity contribution is 5.67. The van der Waals surface area contributed by atoms with Crippen LogP contribution in [-0.2, 0) is 14.3 Å². The summed E-state index contributed by atoms with van der Waals surface area (Å²) in [5.41, 5.74) is 5.03. The molecule has 0 bridgehead atoms. The summed E-state index contributed by atoms with van der Waals surface area (Å²) >= 11 is 0. The molecule has 0 heterocycles. The zero-order valence-corrected chi connectivity index (χ0v) is 26.1. The normalized spacial score (nSPS) is 11.7. The minimum Gasteiger partial charge on any atom is -0.444 e. The monoisotopic (exact) mass is 532 g/mol. The second kappa shape index (κ2) is 20.1. The van der Waals surface area contributed by atoms with E-state index >= 15 is 0 Å². The van der Waals surface area contributed by atoms with Crippen LogP contribution in [-0.4, -0.2) is 62.4 Å². The molecule has 0 rings (SSSR count). The molecule has 0 radical (unpaired) electrons. The molecule has 222 valence electrons. The first-order valence-corrected chi connectivity index (χ1v) is 13.4. The van der Waals surface area contributed by atoms with E-state index in [1.54, 1.807) is 0 Å². The minimum absolute atomic E-state index is 0.320. The Morgan fingerprint density at radius 3 is 1.43 bits per heavy atom. The summed E-state index contributed by atoms with van der Waals surface area (Å²) in [6, 6.07) is 0. The number of ether oxygens (including phenoxy) is 2. The fraction of sp³-hybridized carbons (Fsp3) is 0.893. The van der Waals surface area contributed by atoms with E-state index in [0.717, 1.165) is 32.2 Å². The van der Waals surface area contributed by atoms with Crippen LogP contribution in [0.1, 0.15) is 109 Å². The van der Waals surface area contributed by atoms with Crippen LogP contribution >= 0.6 is 0 Å². The number of carbonyl (C=O) groups is 3. The third kappa shape index (κ3) is 44.5. The highest BCUT2D eigenvalue weighted by Crippen LogP contribution is 2.20. The summed E-state index contributed by atoms with van der Waals surface area (Å²) in [6.07, 6.45) is 4.28. The van der Waals surface area contributed by atoms with Crippen LogP contribution in [0.5, 0.6) is 0 Å². The fourth-order valence-corrected chi connectivity index (χ4v) is 2.42. The van der Waals surface area contributed by atoms with E-state index in [4.69, 9.17) is 15.2 Å². The predicted molar refractivity (Wildman–Crippen MR) is 154 cm³/mol. The topological polar surface area (TPSA) is 132 Å². The van der Waals surface area contributed by atoms with Gasteiger partial charge in [-0.3, -0.25) is 0 Å². The number of nitrogens with two attached hydrogens (primary N) is 1. The zero-order chi connectivity index (χ0) is 29.8. The molecule has 0 aliphatic heterocycles. The molecule has 37 heavy (non-hydrogen) atoms. The van der Waals surface area contributed by atoms with Gasteiger partial charge in [0.15, 0.2) is 0 Å². The Labute approximate surface area is 227 Å². The molecule has 0 aromatic rings. The second-order valence-corrected chi connectivity index (χ2v) is 13.3. The van der Waals surface area contributed by atoms with Gasteiger partial charge in [0.25, 0.3) is 0 Å². The first-order valence-electron chi connectivity index (χ1n) is 13.4. The molecular formula is C28H60N4O5. The summed E-state index contributed by atoms with van der Waals surface area (Å²) in [7, 11) is 0. The van der Waals surface area contributed by atoms with Gasteiger partial charge in [-0.15, -0.1) is 0 Å². The van der Waals surface area contributed by atoms with Gasteiger partial charge in [0.05, 0.1) is 0 Å². The lowest BCUT2D eigenvalue weighted by Gasteiger charge is -2.20. The Kier molecular flexibility index (Phi) is 21.6. The van der Waals surface area contributed by atoms with Gasteiger partial charge in [-0.2, -0.15) is 0 Å². The number of rotatable bonds is 10. The molecule has 0 spiro atoms. The van der Waals surface area contributed by atoms with Crippen LogP contribution in [0.3, 0.4) is 0 Å². The van der Waals surface area contributed by atoms with Crippen LogP contribution in [0.2, 0.25) is 0 Å². The third-order valence-corrected chi connectivity index (χ3v) is 4.08. The molecule has 0 atom stereocenters. The molecule has 5 N–H and O–H groups in total. The van der Waals surface area contributed by atoms with Gasteiger partial charge in [-0.1, -0.05) is 41.5 Å². The molecule has 0 fully saturated rings. The van der Waals surface area contributed by atoms with Crippen LogP contribution in [0.15, 0.2) is 0 Å². The molecule has 0 aromatic carbocycles. The van der Waals surface area contributed by atoms with Crippen LogP contribution in [0, 0.1) is 10.8 Å². The smallest absolute Gasteiger partial charge is 0.407 e. The van der Waals surface area contributed by atoms with E-state index < -0.39 is 17.3 Å². The fourth-order valence-electron chi connectivity index (χ4n) is 2.42. The number of carbonyl (C=O) groups excluding carboxylic acids is 3. The lowest BCUT2D eigenvalue weighted by Crippen LogP contribution is -2.36. The predicted octanol–water partition coefficient (Wildman–Crippen LogP) is 5.41. The molecule has 9 heteroatoms. The van der Waals surface area contributed by atoms with Crippen molar-refractivity contribution < 1.29 is 23.9 Å². The van der Waals surface area contributed by atoms with E-state index in [1.807, 2.05) is 41.5 Å². The number of alkyl carbamates (subject to hydrolysis) is 2. The van der Waals surface area contributed by atoms with E-state index in [9.17, 15) is 14.4 Å². The molecule has 2 amide bonds. The van der Waals surface area contributed by atoms with Gasteiger partial charge in [-0.25, -0.2) is 9.59 Å². The van der Waals surface area contributed by atoms with Crippen molar-refractivity contribution in [3.63, 3.8) is 0 Å². The van der Waals surface area contributed by atoms with Crippen LogP contribution < -0.4 is 21.7 Å². The van der Waals surface area contributed by atoms with Crippen molar-refractivity contribution in [3.8, 4) is 0 Å². The largest absolute Gasteiger partial charge is 0.444 e. The standard InChI is InChI=1S/C14H30N2O2.C7H16N2O2.C7H14O/c1-13(2,3)8-7-9-15-10-11-16-12(17)18-14(4,5)6;1-7(2,3)11-6(10)9-5-4-8;1-7(2,3)5-4-6-8/h15H,7-11H2,1-6H3,(H,16,17);4-5,8H2,1-3H3,(H,9,10);6H,4-5H2,1-3H3. The quantitative estimate of drug-likeness (QED) is 0.218. The summed E-state index contributed by atoms with van der Waals surface area (Å²) < 4.78 is 10.1. The van der Waals surface area contributed by atoms with Crippen molar-refractivity contribution >= 4 is 18.5 Å². The molecule has 9 nitrogen and oxygen atoms in total. The maximum Gasteiger partial charge on any atom is 0.407 e. The minimum atomic E-state index is -0.432. The Morgan fingerprint density at radius 1 is 0.676 bits per heavy atom. The van der Waals surface area contributed by atoms with Crippen LogP contribution in [0.4, 0.5) is 9.59 Å². The van der Waals surface area contributed by atoms with E-state index in [2.05, 4.69) is 57.5 Å². The number of aldehydes is 1. The first-order chi connectivity index (χ1) is 16.6. The Morgan fingerprint density at radius 2 is 1.11 bits per heavy atom. The SMILES string of the molecule is CC(C)(C)CCC=O.CC(C)(C)CCCNCCNC(=O)OC(C)(C)C.CC(C)(C)OC(=O)NCCN. The molecule has 0 aliphatic carbocycles. The van der Waals surface area contributed by atoms with Gasteiger partial charge in [-0.05, 0) is 78.2 Å². The van der Waals surface area contributed by atoms with Gasteiger partial charge in [0.1, 0.15) is 17.5 Å². The maximum atomic E-state index is 11.3. The summed E-state index contributed by atoms with van der Waals surface area (Å²) in [4.78, 5) is 32.0. The first kappa shape index (κ1) is 39.6. The highest BCUT2D eigenvalue weighted by Gasteiger charge is 2.16. The van der Waals surface area contributed by atoms with Crippen molar-refractivity contribution in [2.75, 3.05) is 32.7 Å². The maximum absolute atomic E-state index is 11.3. The number of hydrogen-bond acceptors (Lipinski definition) is 7. The van der Waals surface area contributed by atoms with Gasteiger partial charge >= 0.3 is 12.2 Å². The van der Waals surface area contributed by atoms with Gasteiger partial charge in [0.2, 0.25) is 0 Å².